The SMILES string of the molecule is CN1CN=Cc2cnc(Nc3ccc(-n4cccn4)cc3)nc21. The van der Waals surface area contributed by atoms with Gasteiger partial charge >= 0.3 is 0 Å². The molecule has 4 rings (SSSR count). The van der Waals surface area contributed by atoms with Crippen LogP contribution in [0.3, 0.4) is 0 Å². The zero-order chi connectivity index (χ0) is 15.6. The molecule has 3 aromatic rings. The first-order valence-electron chi connectivity index (χ1n) is 7.25. The van der Waals surface area contributed by atoms with Gasteiger partial charge in [-0.2, -0.15) is 10.1 Å². The van der Waals surface area contributed by atoms with Gasteiger partial charge in [0.05, 0.1) is 11.3 Å². The van der Waals surface area contributed by atoms with Crippen molar-refractivity contribution in [3.63, 3.8) is 0 Å². The van der Waals surface area contributed by atoms with Crippen molar-refractivity contribution < 1.29 is 0 Å². The topological polar surface area (TPSA) is 71.2 Å². The molecule has 0 saturated heterocycles. The van der Waals surface area contributed by atoms with Gasteiger partial charge in [0, 0.05) is 37.5 Å². The Morgan fingerprint density at radius 3 is 2.83 bits per heavy atom. The smallest absolute Gasteiger partial charge is 0.229 e. The first kappa shape index (κ1) is 13.4. The maximum atomic E-state index is 4.56. The van der Waals surface area contributed by atoms with Crippen LogP contribution in [-0.4, -0.2) is 39.7 Å². The van der Waals surface area contributed by atoms with Crippen molar-refractivity contribution in [2.45, 2.75) is 0 Å². The van der Waals surface area contributed by atoms with E-state index in [9.17, 15) is 0 Å². The van der Waals surface area contributed by atoms with Crippen LogP contribution in [0.5, 0.6) is 0 Å². The fourth-order valence-corrected chi connectivity index (χ4v) is 2.42. The Bertz CT molecular complexity index is 837. The van der Waals surface area contributed by atoms with Crippen molar-refractivity contribution in [3.8, 4) is 5.69 Å². The molecule has 1 aliphatic rings. The molecule has 0 fully saturated rings. The highest BCUT2D eigenvalue weighted by Gasteiger charge is 2.13. The van der Waals surface area contributed by atoms with Crippen molar-refractivity contribution in [1.82, 2.24) is 19.7 Å². The fraction of sp³-hybridized carbons (Fsp3) is 0.125. The number of hydrogen-bond donors (Lipinski definition) is 1. The molecule has 114 valence electrons. The van der Waals surface area contributed by atoms with E-state index in [2.05, 4.69) is 25.4 Å². The van der Waals surface area contributed by atoms with E-state index in [1.165, 1.54) is 0 Å². The van der Waals surface area contributed by atoms with Crippen LogP contribution in [0, 0.1) is 0 Å². The van der Waals surface area contributed by atoms with Crippen molar-refractivity contribution >= 4 is 23.7 Å². The second-order valence-corrected chi connectivity index (χ2v) is 5.25. The molecule has 1 N–H and O–H groups in total. The molecule has 1 aromatic carbocycles. The predicted molar refractivity (Wildman–Crippen MR) is 89.7 cm³/mol. The Morgan fingerprint density at radius 2 is 2.04 bits per heavy atom. The van der Waals surface area contributed by atoms with E-state index in [4.69, 9.17) is 0 Å². The summed E-state index contributed by atoms with van der Waals surface area (Å²) in [4.78, 5) is 15.1. The minimum Gasteiger partial charge on any atom is -0.339 e. The maximum absolute atomic E-state index is 4.56. The van der Waals surface area contributed by atoms with E-state index in [1.807, 2.05) is 53.2 Å². The van der Waals surface area contributed by atoms with Crippen LogP contribution in [0.15, 0.2) is 53.9 Å². The minimum absolute atomic E-state index is 0.567. The minimum atomic E-state index is 0.567. The summed E-state index contributed by atoms with van der Waals surface area (Å²) in [6.45, 7) is 0.613. The molecule has 23 heavy (non-hydrogen) atoms. The molecular formula is C16H15N7. The van der Waals surface area contributed by atoms with Gasteiger partial charge in [0.25, 0.3) is 0 Å². The molecular weight excluding hydrogens is 290 g/mol. The quantitative estimate of drug-likeness (QED) is 0.803. The third-order valence-corrected chi connectivity index (χ3v) is 3.57. The van der Waals surface area contributed by atoms with Gasteiger partial charge in [-0.05, 0) is 30.3 Å². The highest BCUT2D eigenvalue weighted by atomic mass is 15.3. The molecule has 7 heteroatoms. The van der Waals surface area contributed by atoms with Gasteiger partial charge in [-0.25, -0.2) is 9.67 Å². The molecule has 0 saturated carbocycles. The molecule has 0 spiro atoms. The van der Waals surface area contributed by atoms with E-state index < -0.39 is 0 Å². The molecule has 0 radical (unpaired) electrons. The number of anilines is 3. The Morgan fingerprint density at radius 1 is 1.17 bits per heavy atom. The maximum Gasteiger partial charge on any atom is 0.229 e. The Kier molecular flexibility index (Phi) is 3.23. The van der Waals surface area contributed by atoms with E-state index in [0.29, 0.717) is 12.6 Å². The summed E-state index contributed by atoms with van der Waals surface area (Å²) in [6.07, 6.45) is 7.25. The first-order valence-corrected chi connectivity index (χ1v) is 7.25. The molecule has 0 bridgehead atoms. The molecule has 0 amide bonds. The van der Waals surface area contributed by atoms with Crippen LogP contribution in [0.1, 0.15) is 5.56 Å². The lowest BCUT2D eigenvalue weighted by Crippen LogP contribution is -2.24. The number of aromatic nitrogens is 4. The van der Waals surface area contributed by atoms with Crippen molar-refractivity contribution in [2.75, 3.05) is 23.9 Å². The van der Waals surface area contributed by atoms with Gasteiger partial charge < -0.3 is 10.2 Å². The normalized spacial score (nSPS) is 13.0. The lowest BCUT2D eigenvalue weighted by molar-refractivity contribution is 0.880. The van der Waals surface area contributed by atoms with Crippen LogP contribution < -0.4 is 10.2 Å². The lowest BCUT2D eigenvalue weighted by atomic mass is 10.3. The Balaban J connectivity index is 1.56. The summed E-state index contributed by atoms with van der Waals surface area (Å²) < 4.78 is 1.81. The number of benzene rings is 1. The fourth-order valence-electron chi connectivity index (χ4n) is 2.42. The average molecular weight is 305 g/mol. The summed E-state index contributed by atoms with van der Waals surface area (Å²) in [7, 11) is 1.96. The van der Waals surface area contributed by atoms with E-state index >= 15 is 0 Å². The number of rotatable bonds is 3. The zero-order valence-electron chi connectivity index (χ0n) is 12.6. The molecule has 7 nitrogen and oxygen atoms in total. The summed E-state index contributed by atoms with van der Waals surface area (Å²) in [6, 6.07) is 9.84. The van der Waals surface area contributed by atoms with Crippen LogP contribution in [0.4, 0.5) is 17.5 Å². The molecule has 0 aliphatic carbocycles. The van der Waals surface area contributed by atoms with Crippen molar-refractivity contribution in [2.24, 2.45) is 4.99 Å². The van der Waals surface area contributed by atoms with Crippen molar-refractivity contribution in [1.29, 1.82) is 0 Å². The van der Waals surface area contributed by atoms with Crippen LogP contribution >= 0.6 is 0 Å². The second kappa shape index (κ2) is 5.53. The summed E-state index contributed by atoms with van der Waals surface area (Å²) >= 11 is 0. The monoisotopic (exact) mass is 305 g/mol. The van der Waals surface area contributed by atoms with Crippen LogP contribution in [-0.2, 0) is 0 Å². The predicted octanol–water partition coefficient (Wildman–Crippen LogP) is 2.23. The lowest BCUT2D eigenvalue weighted by Gasteiger charge is -2.21. The summed E-state index contributed by atoms with van der Waals surface area (Å²) in [5, 5.41) is 7.43. The first-order chi connectivity index (χ1) is 11.3. The van der Waals surface area contributed by atoms with E-state index in [-0.39, 0.29) is 0 Å². The standard InChI is InChI=1S/C16H15N7/c1-22-11-17-9-12-10-18-16(21-15(12)22)20-13-3-5-14(6-4-13)23-8-2-7-19-23/h2-10H,11H2,1H3,(H,18,20,21). The van der Waals surface area contributed by atoms with E-state index in [1.54, 1.807) is 18.6 Å². The number of hydrogen-bond acceptors (Lipinski definition) is 6. The van der Waals surface area contributed by atoms with Gasteiger partial charge in [0.2, 0.25) is 5.95 Å². The molecule has 1 aliphatic heterocycles. The van der Waals surface area contributed by atoms with E-state index in [0.717, 1.165) is 22.8 Å². The van der Waals surface area contributed by atoms with Crippen molar-refractivity contribution in [3.05, 3.63) is 54.5 Å². The van der Waals surface area contributed by atoms with Gasteiger partial charge in [-0.1, -0.05) is 0 Å². The molecule has 2 aromatic heterocycles. The third-order valence-electron chi connectivity index (χ3n) is 3.57. The Hall–Kier alpha value is -3.22. The molecule has 0 atom stereocenters. The average Bonchev–Trinajstić information content (AvgIpc) is 3.11. The van der Waals surface area contributed by atoms with Gasteiger partial charge in [-0.3, -0.25) is 4.99 Å². The van der Waals surface area contributed by atoms with Gasteiger partial charge in [0.1, 0.15) is 12.5 Å². The second-order valence-electron chi connectivity index (χ2n) is 5.25. The summed E-state index contributed by atoms with van der Waals surface area (Å²) in [5.74, 6) is 1.45. The number of fused-ring (bicyclic) bond motifs is 1. The van der Waals surface area contributed by atoms with Gasteiger partial charge in [0.15, 0.2) is 0 Å². The highest BCUT2D eigenvalue weighted by molar-refractivity contribution is 5.88. The third kappa shape index (κ3) is 2.64. The Labute approximate surface area is 133 Å². The van der Waals surface area contributed by atoms with Crippen LogP contribution in [0.2, 0.25) is 0 Å². The number of nitrogens with zero attached hydrogens (tertiary/aromatic N) is 6. The van der Waals surface area contributed by atoms with Crippen LogP contribution in [0.25, 0.3) is 5.69 Å². The van der Waals surface area contributed by atoms with Gasteiger partial charge in [-0.15, -0.1) is 0 Å². The number of nitrogens with one attached hydrogen (secondary N) is 1. The molecule has 3 heterocycles. The highest BCUT2D eigenvalue weighted by Crippen LogP contribution is 2.21. The number of aliphatic imine (C=N–C) groups is 1. The largest absolute Gasteiger partial charge is 0.339 e. The molecule has 0 unspecified atom stereocenters. The summed E-state index contributed by atoms with van der Waals surface area (Å²) in [5.41, 5.74) is 2.86. The zero-order valence-corrected chi connectivity index (χ0v) is 12.6.